The largest absolute Gasteiger partial charge is 0.489 e. The Balaban J connectivity index is 1.58. The minimum atomic E-state index is -0.208. The van der Waals surface area contributed by atoms with Crippen LogP contribution in [0.25, 0.3) is 6.08 Å². The number of benzene rings is 2. The van der Waals surface area contributed by atoms with Crippen LogP contribution < -0.4 is 10.1 Å². The van der Waals surface area contributed by atoms with Crippen molar-refractivity contribution >= 4 is 28.5 Å². The fourth-order valence-electron chi connectivity index (χ4n) is 2.05. The Morgan fingerprint density at radius 3 is 2.83 bits per heavy atom. The van der Waals surface area contributed by atoms with Gasteiger partial charge < -0.3 is 4.74 Å². The molecule has 0 bridgehead atoms. The van der Waals surface area contributed by atoms with Crippen LogP contribution in [0.15, 0.2) is 72.3 Å². The minimum absolute atomic E-state index is 0.208. The van der Waals surface area contributed by atoms with E-state index in [1.165, 1.54) is 17.4 Å². The number of carbonyl (C=O) groups is 1. The van der Waals surface area contributed by atoms with E-state index in [-0.39, 0.29) is 5.91 Å². The molecule has 1 heterocycles. The third-order valence-corrected chi connectivity index (χ3v) is 3.88. The Morgan fingerprint density at radius 1 is 1.17 bits per heavy atom. The maximum absolute atomic E-state index is 11.8. The van der Waals surface area contributed by atoms with Crippen molar-refractivity contribution in [1.29, 1.82) is 0 Å². The molecule has 1 aromatic heterocycles. The lowest BCUT2D eigenvalue weighted by molar-refractivity contribution is -0.111. The summed E-state index contributed by atoms with van der Waals surface area (Å²) < 4.78 is 5.78. The molecular formula is C19H16N2O2S. The summed E-state index contributed by atoms with van der Waals surface area (Å²) in [4.78, 5) is 15.8. The van der Waals surface area contributed by atoms with Gasteiger partial charge >= 0.3 is 0 Å². The van der Waals surface area contributed by atoms with Crippen molar-refractivity contribution < 1.29 is 9.53 Å². The van der Waals surface area contributed by atoms with Crippen LogP contribution in [-0.4, -0.2) is 10.9 Å². The second-order valence-corrected chi connectivity index (χ2v) is 5.90. The maximum atomic E-state index is 11.8. The fraction of sp³-hybridized carbons (Fsp3) is 0.0526. The highest BCUT2D eigenvalue weighted by atomic mass is 32.1. The molecule has 0 fully saturated rings. The summed E-state index contributed by atoms with van der Waals surface area (Å²) >= 11 is 1.38. The van der Waals surface area contributed by atoms with Gasteiger partial charge in [0.2, 0.25) is 5.91 Å². The van der Waals surface area contributed by atoms with Crippen LogP contribution in [0, 0.1) is 0 Å². The van der Waals surface area contributed by atoms with Crippen molar-refractivity contribution in [3.63, 3.8) is 0 Å². The first-order valence-corrected chi connectivity index (χ1v) is 8.33. The van der Waals surface area contributed by atoms with E-state index in [0.29, 0.717) is 11.7 Å². The average molecular weight is 336 g/mol. The Hall–Kier alpha value is -2.92. The number of ether oxygens (including phenoxy) is 1. The predicted octanol–water partition coefficient (Wildman–Crippen LogP) is 4.37. The monoisotopic (exact) mass is 336 g/mol. The lowest BCUT2D eigenvalue weighted by Crippen LogP contribution is -2.07. The molecule has 0 unspecified atom stereocenters. The number of aromatic nitrogens is 1. The van der Waals surface area contributed by atoms with E-state index in [4.69, 9.17) is 4.74 Å². The number of nitrogens with one attached hydrogen (secondary N) is 1. The molecule has 24 heavy (non-hydrogen) atoms. The van der Waals surface area contributed by atoms with Gasteiger partial charge in [-0.2, -0.15) is 0 Å². The average Bonchev–Trinajstić information content (AvgIpc) is 3.12. The van der Waals surface area contributed by atoms with Gasteiger partial charge in [0.1, 0.15) is 12.4 Å². The van der Waals surface area contributed by atoms with Crippen molar-refractivity contribution in [2.24, 2.45) is 0 Å². The van der Waals surface area contributed by atoms with Crippen LogP contribution in [0.1, 0.15) is 11.1 Å². The van der Waals surface area contributed by atoms with Gasteiger partial charge in [0, 0.05) is 17.7 Å². The number of amides is 1. The van der Waals surface area contributed by atoms with Crippen molar-refractivity contribution in [1.82, 2.24) is 4.98 Å². The van der Waals surface area contributed by atoms with Crippen LogP contribution in [0.3, 0.4) is 0 Å². The topological polar surface area (TPSA) is 51.2 Å². The molecule has 2 aromatic carbocycles. The maximum Gasteiger partial charge on any atom is 0.250 e. The first-order valence-electron chi connectivity index (χ1n) is 7.45. The van der Waals surface area contributed by atoms with Gasteiger partial charge in [-0.05, 0) is 29.3 Å². The molecule has 0 aliphatic carbocycles. The predicted molar refractivity (Wildman–Crippen MR) is 97.0 cm³/mol. The Bertz CT molecular complexity index is 814. The molecule has 0 saturated heterocycles. The smallest absolute Gasteiger partial charge is 0.250 e. The molecule has 0 spiro atoms. The summed E-state index contributed by atoms with van der Waals surface area (Å²) in [5.74, 6) is 0.557. The standard InChI is InChI=1S/C19H16N2O2S/c22-18(21-19-20-11-12-24-19)10-9-15-7-4-8-17(13-15)23-14-16-5-2-1-3-6-16/h1-13H,14H2,(H,20,21,22)/b10-9+. The molecule has 5 heteroatoms. The highest BCUT2D eigenvalue weighted by molar-refractivity contribution is 7.13. The van der Waals surface area contributed by atoms with Gasteiger partial charge in [0.05, 0.1) is 0 Å². The first kappa shape index (κ1) is 16.0. The van der Waals surface area contributed by atoms with E-state index in [2.05, 4.69) is 10.3 Å². The van der Waals surface area contributed by atoms with Gasteiger partial charge in [0.25, 0.3) is 0 Å². The summed E-state index contributed by atoms with van der Waals surface area (Å²) in [6.07, 6.45) is 4.88. The molecule has 3 aromatic rings. The number of rotatable bonds is 6. The van der Waals surface area contributed by atoms with Crippen LogP contribution in [0.5, 0.6) is 5.75 Å². The van der Waals surface area contributed by atoms with E-state index in [1.54, 1.807) is 12.3 Å². The van der Waals surface area contributed by atoms with Crippen LogP contribution in [0.4, 0.5) is 5.13 Å². The molecule has 0 aliphatic heterocycles. The second-order valence-electron chi connectivity index (χ2n) is 5.01. The number of hydrogen-bond acceptors (Lipinski definition) is 4. The number of anilines is 1. The summed E-state index contributed by atoms with van der Waals surface area (Å²) in [6.45, 7) is 0.512. The molecular weight excluding hydrogens is 320 g/mol. The molecule has 120 valence electrons. The minimum Gasteiger partial charge on any atom is -0.489 e. The van der Waals surface area contributed by atoms with Gasteiger partial charge in [-0.3, -0.25) is 10.1 Å². The summed E-state index contributed by atoms with van der Waals surface area (Å²) in [5.41, 5.74) is 2.01. The SMILES string of the molecule is O=C(/C=C/c1cccc(OCc2ccccc2)c1)Nc1nccs1. The number of carbonyl (C=O) groups excluding carboxylic acids is 1. The second kappa shape index (κ2) is 8.08. The van der Waals surface area contributed by atoms with Crippen molar-refractivity contribution in [2.45, 2.75) is 6.61 Å². The third kappa shape index (κ3) is 4.79. The molecule has 3 rings (SSSR count). The summed E-state index contributed by atoms with van der Waals surface area (Å²) in [5, 5.41) is 5.10. The molecule has 0 atom stereocenters. The van der Waals surface area contributed by atoms with Gasteiger partial charge in [-0.1, -0.05) is 42.5 Å². The van der Waals surface area contributed by atoms with E-state index >= 15 is 0 Å². The highest BCUT2D eigenvalue weighted by Crippen LogP contribution is 2.16. The summed E-state index contributed by atoms with van der Waals surface area (Å²) in [7, 11) is 0. The zero-order valence-corrected chi connectivity index (χ0v) is 13.7. The molecule has 0 saturated carbocycles. The number of hydrogen-bond donors (Lipinski definition) is 1. The van der Waals surface area contributed by atoms with Crippen LogP contribution in [-0.2, 0) is 11.4 Å². The normalized spacial score (nSPS) is 10.7. The molecule has 4 nitrogen and oxygen atoms in total. The number of nitrogens with zero attached hydrogens (tertiary/aromatic N) is 1. The quantitative estimate of drug-likeness (QED) is 0.680. The van der Waals surface area contributed by atoms with Gasteiger partial charge in [-0.25, -0.2) is 4.98 Å². The summed E-state index contributed by atoms with van der Waals surface area (Å²) in [6, 6.07) is 17.6. The Kier molecular flexibility index (Phi) is 5.37. The Morgan fingerprint density at radius 2 is 2.04 bits per heavy atom. The van der Waals surface area contributed by atoms with Gasteiger partial charge in [0.15, 0.2) is 5.13 Å². The van der Waals surface area contributed by atoms with Gasteiger partial charge in [-0.15, -0.1) is 11.3 Å². The Labute approximate surface area is 144 Å². The molecule has 0 radical (unpaired) electrons. The van der Waals surface area contributed by atoms with Crippen LogP contribution in [0.2, 0.25) is 0 Å². The molecule has 1 amide bonds. The van der Waals surface area contributed by atoms with Crippen molar-refractivity contribution in [2.75, 3.05) is 5.32 Å². The first-order chi connectivity index (χ1) is 11.8. The fourth-order valence-corrected chi connectivity index (χ4v) is 2.58. The van der Waals surface area contributed by atoms with Crippen molar-refractivity contribution in [3.8, 4) is 5.75 Å². The zero-order chi connectivity index (χ0) is 16.6. The molecule has 1 N–H and O–H groups in total. The third-order valence-electron chi connectivity index (χ3n) is 3.20. The van der Waals surface area contributed by atoms with Crippen molar-refractivity contribution in [3.05, 3.63) is 83.4 Å². The molecule has 0 aliphatic rings. The van der Waals surface area contributed by atoms with E-state index in [0.717, 1.165) is 16.9 Å². The lowest BCUT2D eigenvalue weighted by Gasteiger charge is -2.06. The zero-order valence-electron chi connectivity index (χ0n) is 12.9. The van der Waals surface area contributed by atoms with E-state index in [1.807, 2.05) is 60.0 Å². The highest BCUT2D eigenvalue weighted by Gasteiger charge is 2.00. The van der Waals surface area contributed by atoms with E-state index < -0.39 is 0 Å². The number of thiazole rings is 1. The van der Waals surface area contributed by atoms with E-state index in [9.17, 15) is 4.79 Å². The van der Waals surface area contributed by atoms with Crippen LogP contribution >= 0.6 is 11.3 Å². The lowest BCUT2D eigenvalue weighted by atomic mass is 10.2.